The van der Waals surface area contributed by atoms with Gasteiger partial charge in [0.1, 0.15) is 0 Å². The van der Waals surface area contributed by atoms with Gasteiger partial charge in [0.25, 0.3) is 5.56 Å². The molecular formula is C22H31N5O2. The van der Waals surface area contributed by atoms with Crippen LogP contribution in [0.4, 0.5) is 0 Å². The van der Waals surface area contributed by atoms with Crippen LogP contribution in [0.25, 0.3) is 5.65 Å². The largest absolute Gasteiger partial charge is 0.337 e. The molecule has 0 bridgehead atoms. The topological polar surface area (TPSA) is 73.7 Å². The second-order valence-electron chi connectivity index (χ2n) is 9.42. The molecule has 1 N–H and O–H groups in total. The number of aromatic nitrogens is 3. The zero-order valence-electron chi connectivity index (χ0n) is 17.6. The number of nitrogens with one attached hydrogen (secondary N) is 1. The maximum Gasteiger partial charge on any atom is 0.277 e. The summed E-state index contributed by atoms with van der Waals surface area (Å²) in [6, 6.07) is 2.82. The Hall–Kier alpha value is -2.15. The molecule has 3 aliphatic rings. The van der Waals surface area contributed by atoms with Crippen LogP contribution in [0, 0.1) is 11.8 Å². The fourth-order valence-corrected chi connectivity index (χ4v) is 5.17. The van der Waals surface area contributed by atoms with E-state index in [2.05, 4.69) is 36.8 Å². The van der Waals surface area contributed by atoms with Crippen molar-refractivity contribution in [3.8, 4) is 0 Å². The van der Waals surface area contributed by atoms with Gasteiger partial charge in [0.05, 0.1) is 29.5 Å². The molecule has 1 saturated carbocycles. The number of carbonyl (C=O) groups is 1. The minimum absolute atomic E-state index is 0.0514. The highest BCUT2D eigenvalue weighted by molar-refractivity contribution is 5.81. The molecular weight excluding hydrogens is 366 g/mol. The van der Waals surface area contributed by atoms with Crippen LogP contribution in [0.3, 0.4) is 0 Å². The maximum absolute atomic E-state index is 13.2. The first-order valence-electron chi connectivity index (χ1n) is 11.1. The lowest BCUT2D eigenvalue weighted by molar-refractivity contribution is -0.133. The number of H-pyrrole nitrogens is 1. The van der Waals surface area contributed by atoms with Gasteiger partial charge in [-0.05, 0) is 45.6 Å². The van der Waals surface area contributed by atoms with Gasteiger partial charge in [-0.1, -0.05) is 13.3 Å². The molecule has 156 valence electrons. The Bertz CT molecular complexity index is 1010. The van der Waals surface area contributed by atoms with E-state index in [4.69, 9.17) is 4.98 Å². The molecule has 3 atom stereocenters. The van der Waals surface area contributed by atoms with Crippen LogP contribution in [0.2, 0.25) is 0 Å². The molecule has 29 heavy (non-hydrogen) atoms. The summed E-state index contributed by atoms with van der Waals surface area (Å²) in [6.07, 6.45) is 5.17. The number of fused-ring (bicyclic) bond motifs is 2. The highest BCUT2D eigenvalue weighted by Crippen LogP contribution is 2.40. The zero-order valence-corrected chi connectivity index (χ0v) is 17.6. The molecule has 0 aromatic carbocycles. The third kappa shape index (κ3) is 3.19. The third-order valence-corrected chi connectivity index (χ3v) is 7.09. The first-order valence-corrected chi connectivity index (χ1v) is 11.1. The Morgan fingerprint density at radius 3 is 2.79 bits per heavy atom. The minimum atomic E-state index is -0.0514. The van der Waals surface area contributed by atoms with Crippen molar-refractivity contribution in [3.05, 3.63) is 33.4 Å². The summed E-state index contributed by atoms with van der Waals surface area (Å²) in [4.78, 5) is 35.1. The molecule has 2 fully saturated rings. The third-order valence-electron chi connectivity index (χ3n) is 7.09. The SMILES string of the molecule is CC1CC1C(=O)N1CCc2nc3cc(C4CCCCN4C(C)C)[nH]n3c(=O)c2C1. The molecule has 4 heterocycles. The Kier molecular flexibility index (Phi) is 4.53. The highest BCUT2D eigenvalue weighted by atomic mass is 16.2. The summed E-state index contributed by atoms with van der Waals surface area (Å²) in [5, 5.41) is 3.35. The van der Waals surface area contributed by atoms with Gasteiger partial charge in [-0.15, -0.1) is 0 Å². The number of hydrogen-bond acceptors (Lipinski definition) is 4. The van der Waals surface area contributed by atoms with Gasteiger partial charge < -0.3 is 4.90 Å². The lowest BCUT2D eigenvalue weighted by atomic mass is 9.98. The minimum Gasteiger partial charge on any atom is -0.337 e. The van der Waals surface area contributed by atoms with E-state index in [1.807, 2.05) is 4.90 Å². The van der Waals surface area contributed by atoms with Crippen LogP contribution in [0.5, 0.6) is 0 Å². The summed E-state index contributed by atoms with van der Waals surface area (Å²) in [5.74, 6) is 0.840. The fourth-order valence-electron chi connectivity index (χ4n) is 5.17. The number of nitrogens with zero attached hydrogens (tertiary/aromatic N) is 4. The molecule has 1 saturated heterocycles. The predicted octanol–water partition coefficient (Wildman–Crippen LogP) is 2.50. The van der Waals surface area contributed by atoms with E-state index < -0.39 is 0 Å². The van der Waals surface area contributed by atoms with Crippen molar-refractivity contribution >= 4 is 11.6 Å². The number of amides is 1. The Labute approximate surface area is 171 Å². The van der Waals surface area contributed by atoms with Crippen molar-refractivity contribution < 1.29 is 4.79 Å². The van der Waals surface area contributed by atoms with Crippen molar-refractivity contribution in [3.63, 3.8) is 0 Å². The number of hydrogen-bond donors (Lipinski definition) is 1. The lowest BCUT2D eigenvalue weighted by Gasteiger charge is -2.37. The van der Waals surface area contributed by atoms with Crippen LogP contribution in [0.15, 0.2) is 10.9 Å². The first-order chi connectivity index (χ1) is 13.9. The second kappa shape index (κ2) is 6.97. The van der Waals surface area contributed by atoms with Crippen LogP contribution in [-0.2, 0) is 17.8 Å². The molecule has 0 radical (unpaired) electrons. The number of likely N-dealkylation sites (tertiary alicyclic amines) is 1. The summed E-state index contributed by atoms with van der Waals surface area (Å²) in [6.45, 7) is 8.73. The van der Waals surface area contributed by atoms with Crippen LogP contribution in [-0.4, -0.2) is 49.4 Å². The van der Waals surface area contributed by atoms with Crippen LogP contribution < -0.4 is 5.56 Å². The summed E-state index contributed by atoms with van der Waals surface area (Å²) in [5.41, 5.74) is 3.26. The Morgan fingerprint density at radius 2 is 2.07 bits per heavy atom. The van der Waals surface area contributed by atoms with Crippen molar-refractivity contribution in [2.45, 2.75) is 71.5 Å². The molecule has 0 spiro atoms. The monoisotopic (exact) mass is 397 g/mol. The van der Waals surface area contributed by atoms with Crippen LogP contribution >= 0.6 is 0 Å². The number of carbonyl (C=O) groups excluding carboxylic acids is 1. The molecule has 3 unspecified atom stereocenters. The second-order valence-corrected chi connectivity index (χ2v) is 9.42. The van der Waals surface area contributed by atoms with Crippen molar-refractivity contribution in [1.82, 2.24) is 24.4 Å². The Morgan fingerprint density at radius 1 is 1.28 bits per heavy atom. The summed E-state index contributed by atoms with van der Waals surface area (Å²) in [7, 11) is 0. The normalized spacial score (nSPS) is 27.4. The van der Waals surface area contributed by atoms with Gasteiger partial charge in [0, 0.05) is 31.0 Å². The van der Waals surface area contributed by atoms with Gasteiger partial charge in [-0.2, -0.15) is 0 Å². The van der Waals surface area contributed by atoms with E-state index in [1.165, 1.54) is 12.8 Å². The van der Waals surface area contributed by atoms with Gasteiger partial charge in [0.2, 0.25) is 5.91 Å². The number of rotatable bonds is 3. The summed E-state index contributed by atoms with van der Waals surface area (Å²) >= 11 is 0. The summed E-state index contributed by atoms with van der Waals surface area (Å²) < 4.78 is 1.59. The molecule has 1 aliphatic carbocycles. The fraction of sp³-hybridized carbons (Fsp3) is 0.682. The average Bonchev–Trinajstić information content (AvgIpc) is 3.29. The number of piperidine rings is 1. The Balaban J connectivity index is 1.48. The zero-order chi connectivity index (χ0) is 20.3. The van der Waals surface area contributed by atoms with E-state index in [-0.39, 0.29) is 17.4 Å². The average molecular weight is 398 g/mol. The molecule has 7 nitrogen and oxygen atoms in total. The van der Waals surface area contributed by atoms with E-state index in [0.29, 0.717) is 48.7 Å². The van der Waals surface area contributed by atoms with Crippen molar-refractivity contribution in [1.29, 1.82) is 0 Å². The van der Waals surface area contributed by atoms with E-state index in [0.717, 1.165) is 30.8 Å². The maximum atomic E-state index is 13.2. The van der Waals surface area contributed by atoms with Gasteiger partial charge in [-0.25, -0.2) is 9.50 Å². The molecule has 5 rings (SSSR count). The highest BCUT2D eigenvalue weighted by Gasteiger charge is 2.42. The van der Waals surface area contributed by atoms with E-state index in [9.17, 15) is 9.59 Å². The lowest BCUT2D eigenvalue weighted by Crippen LogP contribution is -2.41. The molecule has 2 aromatic heterocycles. The smallest absolute Gasteiger partial charge is 0.277 e. The molecule has 2 aliphatic heterocycles. The first kappa shape index (κ1) is 18.9. The van der Waals surface area contributed by atoms with Gasteiger partial charge in [-0.3, -0.25) is 19.6 Å². The van der Waals surface area contributed by atoms with Crippen molar-refractivity contribution in [2.75, 3.05) is 13.1 Å². The van der Waals surface area contributed by atoms with Crippen LogP contribution in [0.1, 0.15) is 69.4 Å². The van der Waals surface area contributed by atoms with E-state index >= 15 is 0 Å². The number of aromatic amines is 1. The quantitative estimate of drug-likeness (QED) is 0.864. The molecule has 7 heteroatoms. The predicted molar refractivity (Wildman–Crippen MR) is 111 cm³/mol. The van der Waals surface area contributed by atoms with Crippen molar-refractivity contribution in [2.24, 2.45) is 11.8 Å². The van der Waals surface area contributed by atoms with Gasteiger partial charge >= 0.3 is 0 Å². The van der Waals surface area contributed by atoms with E-state index in [1.54, 1.807) is 4.52 Å². The van der Waals surface area contributed by atoms with Gasteiger partial charge in [0.15, 0.2) is 5.65 Å². The molecule has 1 amide bonds. The molecule has 2 aromatic rings. The standard InChI is InChI=1S/C22H31N5O2/c1-13(2)26-8-5-4-6-19(26)18-11-20-23-17-7-9-25(21(28)15-10-14(15)3)12-16(17)22(29)27(20)24-18/h11,13-15,19,24H,4-10,12H2,1-3H3.